The first-order chi connectivity index (χ1) is 17.4. The summed E-state index contributed by atoms with van der Waals surface area (Å²) in [7, 11) is 2.89. The van der Waals surface area contributed by atoms with Crippen LogP contribution in [0.15, 0.2) is 12.2 Å². The van der Waals surface area contributed by atoms with E-state index in [0.29, 0.717) is 12.2 Å². The zero-order chi connectivity index (χ0) is 27.7. The van der Waals surface area contributed by atoms with Gasteiger partial charge in [0.2, 0.25) is 23.6 Å². The van der Waals surface area contributed by atoms with E-state index in [1.807, 2.05) is 0 Å². The Morgan fingerprint density at radius 3 is 2.05 bits per heavy atom. The molecule has 0 unspecified atom stereocenters. The van der Waals surface area contributed by atoms with Crippen LogP contribution in [-0.2, 0) is 28.7 Å². The average molecular weight is 559 g/mol. The van der Waals surface area contributed by atoms with E-state index in [1.165, 1.54) is 28.5 Å². The smallest absolute Gasteiger partial charge is 0.331 e. The van der Waals surface area contributed by atoms with Crippen LogP contribution in [0.25, 0.3) is 0 Å². The van der Waals surface area contributed by atoms with Crippen molar-refractivity contribution in [1.82, 2.24) is 21.3 Å². The second-order valence-corrected chi connectivity index (χ2v) is 12.4. The lowest BCUT2D eigenvalue weighted by Crippen LogP contribution is -2.61. The van der Waals surface area contributed by atoms with Crippen molar-refractivity contribution in [3.8, 4) is 0 Å². The maximum Gasteiger partial charge on any atom is 0.331 e. The first-order valence-electron chi connectivity index (χ1n) is 12.4. The summed E-state index contributed by atoms with van der Waals surface area (Å²) < 4.78 is 5.51. The molecule has 0 aromatic carbocycles. The summed E-state index contributed by atoms with van der Waals surface area (Å²) in [5, 5.41) is 20.8. The molecule has 37 heavy (non-hydrogen) atoms. The zero-order valence-corrected chi connectivity index (χ0v) is 23.4. The normalized spacial score (nSPS) is 30.9. The van der Waals surface area contributed by atoms with Gasteiger partial charge in [0, 0.05) is 11.5 Å². The summed E-state index contributed by atoms with van der Waals surface area (Å²) in [6.07, 6.45) is 1.46. The number of rotatable bonds is 3. The van der Waals surface area contributed by atoms with Crippen LogP contribution in [0.2, 0.25) is 0 Å². The van der Waals surface area contributed by atoms with Crippen LogP contribution < -0.4 is 21.3 Å². The molecule has 0 aromatic rings. The Kier molecular flexibility index (Phi) is 12.2. The average Bonchev–Trinajstić information content (AvgIpc) is 2.80. The molecule has 0 spiro atoms. The molecule has 4 amide bonds. The Morgan fingerprint density at radius 1 is 0.838 bits per heavy atom. The van der Waals surface area contributed by atoms with Gasteiger partial charge in [-0.25, -0.2) is 4.79 Å². The van der Waals surface area contributed by atoms with Crippen LogP contribution in [0, 0.1) is 11.8 Å². The van der Waals surface area contributed by atoms with Gasteiger partial charge in [-0.1, -0.05) is 55.4 Å². The van der Waals surface area contributed by atoms with Gasteiger partial charge in [-0.3, -0.25) is 19.2 Å². The number of hydrogen-bond acceptors (Lipinski definition) is 9. The van der Waals surface area contributed by atoms with Crippen LogP contribution in [0.1, 0.15) is 47.5 Å². The predicted molar refractivity (Wildman–Crippen MR) is 142 cm³/mol. The van der Waals surface area contributed by atoms with Crippen LogP contribution in [0.3, 0.4) is 0 Å². The third kappa shape index (κ3) is 9.53. The molecule has 2 aliphatic heterocycles. The van der Waals surface area contributed by atoms with Gasteiger partial charge in [-0.15, -0.1) is 0 Å². The van der Waals surface area contributed by atoms with Crippen LogP contribution in [0.5, 0.6) is 0 Å². The molecule has 2 heterocycles. The summed E-state index contributed by atoms with van der Waals surface area (Å²) in [6.45, 7) is 8.38. The molecular weight excluding hydrogens is 520 g/mol. The number of allylic oxidation sites excluding steroid dienone is 1. The molecule has 1 saturated heterocycles. The SMILES string of the molecule is CC(C)[C@H]1NC(=O)C[C@H]2/C=C/CCSSC[C@@H](NC(=O)[C@@H](C(C)C)NC1=O)C(=O)N[C@@H]([C@@H](C)O)C(=O)O2. The second-order valence-electron chi connectivity index (χ2n) is 9.81. The number of aliphatic hydroxyl groups is 1. The predicted octanol–water partition coefficient (Wildman–Crippen LogP) is 0.275. The Balaban J connectivity index is 2.55. The van der Waals surface area contributed by atoms with Crippen molar-refractivity contribution in [1.29, 1.82) is 0 Å². The number of nitrogens with one attached hydrogen (secondary N) is 4. The van der Waals surface area contributed by atoms with Gasteiger partial charge < -0.3 is 31.1 Å². The van der Waals surface area contributed by atoms with E-state index in [0.717, 1.165) is 0 Å². The van der Waals surface area contributed by atoms with E-state index in [2.05, 4.69) is 21.3 Å². The molecular formula is C24H38N4O7S2. The van der Waals surface area contributed by atoms with Crippen LogP contribution in [-0.4, -0.2) is 82.6 Å². The number of ether oxygens (including phenoxy) is 1. The number of esters is 1. The third-order valence-corrected chi connectivity index (χ3v) is 8.32. The van der Waals surface area contributed by atoms with Gasteiger partial charge in [0.25, 0.3) is 0 Å². The minimum Gasteiger partial charge on any atom is -0.456 e. The van der Waals surface area contributed by atoms with Gasteiger partial charge in [0.1, 0.15) is 24.2 Å². The summed E-state index contributed by atoms with van der Waals surface area (Å²) in [4.78, 5) is 65.4. The fourth-order valence-corrected chi connectivity index (χ4v) is 5.87. The highest BCUT2D eigenvalue weighted by Crippen LogP contribution is 2.24. The topological polar surface area (TPSA) is 163 Å². The monoisotopic (exact) mass is 558 g/mol. The lowest BCUT2D eigenvalue weighted by atomic mass is 9.99. The fourth-order valence-electron chi connectivity index (χ4n) is 3.71. The van der Waals surface area contributed by atoms with Crippen molar-refractivity contribution in [3.05, 3.63) is 12.2 Å². The molecule has 2 aliphatic rings. The van der Waals surface area contributed by atoms with Gasteiger partial charge in [-0.2, -0.15) is 0 Å². The summed E-state index contributed by atoms with van der Waals surface area (Å²) >= 11 is 0. The highest BCUT2D eigenvalue weighted by molar-refractivity contribution is 8.76. The number of carbonyl (C=O) groups excluding carboxylic acids is 5. The number of carbonyl (C=O) groups is 5. The first-order valence-corrected chi connectivity index (χ1v) is 14.9. The van der Waals surface area contributed by atoms with Crippen molar-refractivity contribution in [3.63, 3.8) is 0 Å². The van der Waals surface area contributed by atoms with Crippen molar-refractivity contribution in [2.75, 3.05) is 11.5 Å². The third-order valence-electron chi connectivity index (χ3n) is 5.87. The first kappa shape index (κ1) is 31.0. The highest BCUT2D eigenvalue weighted by Gasteiger charge is 2.36. The van der Waals surface area contributed by atoms with Crippen LogP contribution in [0.4, 0.5) is 0 Å². The molecule has 0 aliphatic carbocycles. The van der Waals surface area contributed by atoms with E-state index < -0.39 is 66.0 Å². The number of amides is 4. The maximum atomic E-state index is 13.3. The van der Waals surface area contributed by atoms with E-state index in [-0.39, 0.29) is 24.0 Å². The molecule has 13 heteroatoms. The molecule has 2 rings (SSSR count). The van der Waals surface area contributed by atoms with Crippen LogP contribution >= 0.6 is 21.6 Å². The summed E-state index contributed by atoms with van der Waals surface area (Å²) in [5.41, 5.74) is 0. The van der Waals surface area contributed by atoms with E-state index in [4.69, 9.17) is 4.74 Å². The Labute approximate surface area is 225 Å². The number of fused-ring (bicyclic) bond motifs is 6. The number of hydrogen-bond donors (Lipinski definition) is 5. The number of aliphatic hydroxyl groups excluding tert-OH is 1. The molecule has 0 saturated carbocycles. The van der Waals surface area contributed by atoms with Crippen molar-refractivity contribution in [2.24, 2.45) is 11.8 Å². The van der Waals surface area contributed by atoms with E-state index >= 15 is 0 Å². The largest absolute Gasteiger partial charge is 0.456 e. The molecule has 208 valence electrons. The molecule has 0 radical (unpaired) electrons. The molecule has 2 bridgehead atoms. The van der Waals surface area contributed by atoms with Gasteiger partial charge in [0.05, 0.1) is 12.5 Å². The highest BCUT2D eigenvalue weighted by atomic mass is 33.1. The van der Waals surface area contributed by atoms with Gasteiger partial charge in [-0.05, 0) is 31.3 Å². The van der Waals surface area contributed by atoms with Gasteiger partial charge in [0.15, 0.2) is 6.04 Å². The molecule has 6 atom stereocenters. The standard InChI is InChI=1S/C24H38N4O7S2/c1-12(2)18-23(33)27-19(13(3)4)22(32)25-16-11-37-36-9-7-6-8-15(10-17(30)26-18)35-24(34)20(14(5)29)28-21(16)31/h6,8,12-16,18-20,29H,7,9-11H2,1-5H3,(H,25,32)(H,26,30)(H,27,33)(H,28,31)/b8-6+/t14-,15-,16-,18-,19-,20+/m1/s1. The zero-order valence-electron chi connectivity index (χ0n) is 21.8. The summed E-state index contributed by atoms with van der Waals surface area (Å²) in [6, 6.07) is -4.37. The van der Waals surface area contributed by atoms with Crippen molar-refractivity contribution < 1.29 is 33.8 Å². The Morgan fingerprint density at radius 2 is 1.43 bits per heavy atom. The lowest BCUT2D eigenvalue weighted by Gasteiger charge is -2.30. The fraction of sp³-hybridized carbons (Fsp3) is 0.708. The Hall–Kier alpha value is -2.25. The molecule has 1 fully saturated rings. The Bertz CT molecular complexity index is 881. The summed E-state index contributed by atoms with van der Waals surface area (Å²) in [5.74, 6) is -2.97. The quantitative estimate of drug-likeness (QED) is 0.186. The lowest BCUT2D eigenvalue weighted by molar-refractivity contribution is -0.155. The van der Waals surface area contributed by atoms with Gasteiger partial charge >= 0.3 is 5.97 Å². The second kappa shape index (κ2) is 14.6. The van der Waals surface area contributed by atoms with E-state index in [1.54, 1.807) is 39.8 Å². The van der Waals surface area contributed by atoms with Crippen molar-refractivity contribution >= 4 is 51.2 Å². The molecule has 11 nitrogen and oxygen atoms in total. The minimum atomic E-state index is -1.41. The molecule has 0 aromatic heterocycles. The minimum absolute atomic E-state index is 0.194. The van der Waals surface area contributed by atoms with Crippen molar-refractivity contribution in [2.45, 2.75) is 83.8 Å². The van der Waals surface area contributed by atoms with E-state index in [9.17, 15) is 29.1 Å². The molecule has 5 N–H and O–H groups in total. The maximum absolute atomic E-state index is 13.3.